The topological polar surface area (TPSA) is 58.6 Å². The normalized spacial score (nSPS) is 23.0. The second kappa shape index (κ2) is 5.28. The van der Waals surface area contributed by atoms with Crippen LogP contribution in [0.5, 0.6) is 5.75 Å². The van der Waals surface area contributed by atoms with Gasteiger partial charge in [-0.15, -0.1) is 0 Å². The van der Waals surface area contributed by atoms with Crippen LogP contribution in [0.25, 0.3) is 0 Å². The highest BCUT2D eigenvalue weighted by Gasteiger charge is 2.41. The van der Waals surface area contributed by atoms with Crippen molar-refractivity contribution in [1.82, 2.24) is 5.32 Å². The Morgan fingerprint density at radius 1 is 1.61 bits per heavy atom. The number of ether oxygens (including phenoxy) is 1. The maximum atomic E-state index is 11.4. The summed E-state index contributed by atoms with van der Waals surface area (Å²) in [6.45, 7) is 0.767. The van der Waals surface area contributed by atoms with E-state index in [9.17, 15) is 9.90 Å². The SMILES string of the molecule is COc1ccc(CC2(C(=O)O)CCCN2)cc1Br. The molecule has 98 valence electrons. The van der Waals surface area contributed by atoms with E-state index < -0.39 is 11.5 Å². The molecule has 0 aliphatic carbocycles. The third kappa shape index (κ3) is 2.52. The molecule has 0 radical (unpaired) electrons. The van der Waals surface area contributed by atoms with Crippen molar-refractivity contribution >= 4 is 21.9 Å². The molecule has 5 heteroatoms. The van der Waals surface area contributed by atoms with E-state index in [0.717, 1.165) is 28.8 Å². The summed E-state index contributed by atoms with van der Waals surface area (Å²) in [5, 5.41) is 12.5. The lowest BCUT2D eigenvalue weighted by atomic mass is 9.89. The fraction of sp³-hybridized carbons (Fsp3) is 0.462. The minimum Gasteiger partial charge on any atom is -0.496 e. The van der Waals surface area contributed by atoms with Crippen molar-refractivity contribution in [3.05, 3.63) is 28.2 Å². The van der Waals surface area contributed by atoms with Gasteiger partial charge in [-0.1, -0.05) is 6.07 Å². The summed E-state index contributed by atoms with van der Waals surface area (Å²) in [4.78, 5) is 11.4. The lowest BCUT2D eigenvalue weighted by molar-refractivity contribution is -0.144. The van der Waals surface area contributed by atoms with Gasteiger partial charge >= 0.3 is 5.97 Å². The molecule has 0 bridgehead atoms. The molecule has 0 aromatic heterocycles. The molecule has 2 N–H and O–H groups in total. The first-order valence-electron chi connectivity index (χ1n) is 5.88. The second-order valence-corrected chi connectivity index (χ2v) is 5.42. The smallest absolute Gasteiger partial charge is 0.324 e. The molecular formula is C13H16BrNO3. The van der Waals surface area contributed by atoms with Crippen molar-refractivity contribution in [1.29, 1.82) is 0 Å². The third-order valence-electron chi connectivity index (χ3n) is 3.38. The molecule has 1 heterocycles. The van der Waals surface area contributed by atoms with Crippen molar-refractivity contribution < 1.29 is 14.6 Å². The van der Waals surface area contributed by atoms with Crippen molar-refractivity contribution in [2.75, 3.05) is 13.7 Å². The minimum absolute atomic E-state index is 0.491. The lowest BCUT2D eigenvalue weighted by Crippen LogP contribution is -2.49. The maximum Gasteiger partial charge on any atom is 0.324 e. The van der Waals surface area contributed by atoms with E-state index in [0.29, 0.717) is 12.8 Å². The van der Waals surface area contributed by atoms with Crippen LogP contribution in [0, 0.1) is 0 Å². The van der Waals surface area contributed by atoms with Gasteiger partial charge in [0.15, 0.2) is 0 Å². The number of carbonyl (C=O) groups is 1. The van der Waals surface area contributed by atoms with Gasteiger partial charge in [-0.25, -0.2) is 0 Å². The lowest BCUT2D eigenvalue weighted by Gasteiger charge is -2.24. The van der Waals surface area contributed by atoms with Gasteiger partial charge in [0.05, 0.1) is 11.6 Å². The zero-order chi connectivity index (χ0) is 13.2. The van der Waals surface area contributed by atoms with Crippen molar-refractivity contribution in [2.24, 2.45) is 0 Å². The Labute approximate surface area is 114 Å². The van der Waals surface area contributed by atoms with Crippen LogP contribution in [-0.2, 0) is 11.2 Å². The fourth-order valence-corrected chi connectivity index (χ4v) is 2.97. The summed E-state index contributed by atoms with van der Waals surface area (Å²) in [7, 11) is 1.61. The standard InChI is InChI=1S/C13H16BrNO3/c1-18-11-4-3-9(7-10(11)14)8-13(12(16)17)5-2-6-15-13/h3-4,7,15H,2,5-6,8H2,1H3,(H,16,17). The number of hydrogen-bond acceptors (Lipinski definition) is 3. The van der Waals surface area contributed by atoms with Crippen LogP contribution in [0.1, 0.15) is 18.4 Å². The number of methoxy groups -OCH3 is 1. The Bertz CT molecular complexity index is 456. The number of rotatable bonds is 4. The van der Waals surface area contributed by atoms with E-state index in [2.05, 4.69) is 21.2 Å². The van der Waals surface area contributed by atoms with Crippen LogP contribution in [0.2, 0.25) is 0 Å². The van der Waals surface area contributed by atoms with Gasteiger partial charge < -0.3 is 15.2 Å². The van der Waals surface area contributed by atoms with Crippen LogP contribution in [0.15, 0.2) is 22.7 Å². The average Bonchev–Trinajstić information content (AvgIpc) is 2.79. The van der Waals surface area contributed by atoms with Gasteiger partial charge in [0.2, 0.25) is 0 Å². The molecule has 4 nitrogen and oxygen atoms in total. The second-order valence-electron chi connectivity index (χ2n) is 4.56. The highest BCUT2D eigenvalue weighted by Crippen LogP contribution is 2.29. The van der Waals surface area contributed by atoms with Gasteiger partial charge in [0.25, 0.3) is 0 Å². The zero-order valence-corrected chi connectivity index (χ0v) is 11.8. The molecule has 0 saturated carbocycles. The van der Waals surface area contributed by atoms with E-state index in [1.54, 1.807) is 7.11 Å². The summed E-state index contributed by atoms with van der Waals surface area (Å²) < 4.78 is 6.01. The number of carboxylic acid groups (broad SMARTS) is 1. The number of carboxylic acids is 1. The summed E-state index contributed by atoms with van der Waals surface area (Å²) in [6.07, 6.45) is 2.07. The molecule has 1 aromatic carbocycles. The number of benzene rings is 1. The Morgan fingerprint density at radius 2 is 2.39 bits per heavy atom. The summed E-state index contributed by atoms with van der Waals surface area (Å²) in [5.41, 5.74) is 0.174. The largest absolute Gasteiger partial charge is 0.496 e. The molecule has 1 unspecified atom stereocenters. The van der Waals surface area contributed by atoms with Crippen molar-refractivity contribution in [2.45, 2.75) is 24.8 Å². The number of hydrogen-bond donors (Lipinski definition) is 2. The molecule has 1 saturated heterocycles. The molecular weight excluding hydrogens is 298 g/mol. The monoisotopic (exact) mass is 313 g/mol. The minimum atomic E-state index is -0.811. The zero-order valence-electron chi connectivity index (χ0n) is 10.2. The van der Waals surface area contributed by atoms with E-state index in [-0.39, 0.29) is 0 Å². The first kappa shape index (κ1) is 13.4. The van der Waals surface area contributed by atoms with E-state index in [1.807, 2.05) is 18.2 Å². The maximum absolute atomic E-state index is 11.4. The van der Waals surface area contributed by atoms with Crippen LogP contribution in [-0.4, -0.2) is 30.3 Å². The predicted octanol–water partition coefficient (Wildman–Crippen LogP) is 2.21. The summed E-state index contributed by atoms with van der Waals surface area (Å²) in [6, 6.07) is 5.68. The molecule has 2 rings (SSSR count). The quantitative estimate of drug-likeness (QED) is 0.894. The van der Waals surface area contributed by atoms with Crippen molar-refractivity contribution in [3.63, 3.8) is 0 Å². The number of nitrogens with one attached hydrogen (secondary N) is 1. The van der Waals surface area contributed by atoms with Gasteiger partial charge in [-0.05, 0) is 53.0 Å². The van der Waals surface area contributed by atoms with E-state index in [4.69, 9.17) is 4.74 Å². The molecule has 1 fully saturated rings. The summed E-state index contributed by atoms with van der Waals surface area (Å²) in [5.74, 6) is -0.0190. The van der Waals surface area contributed by atoms with Gasteiger partial charge in [0, 0.05) is 6.42 Å². The Kier molecular flexibility index (Phi) is 3.92. The van der Waals surface area contributed by atoms with Gasteiger partial charge in [-0.2, -0.15) is 0 Å². The van der Waals surface area contributed by atoms with Crippen LogP contribution in [0.4, 0.5) is 0 Å². The Balaban J connectivity index is 2.22. The first-order chi connectivity index (χ1) is 8.57. The van der Waals surface area contributed by atoms with Crippen LogP contribution >= 0.6 is 15.9 Å². The van der Waals surface area contributed by atoms with Gasteiger partial charge in [0.1, 0.15) is 11.3 Å². The molecule has 18 heavy (non-hydrogen) atoms. The fourth-order valence-electron chi connectivity index (χ4n) is 2.38. The predicted molar refractivity (Wildman–Crippen MR) is 72.0 cm³/mol. The Hall–Kier alpha value is -1.07. The van der Waals surface area contributed by atoms with Crippen LogP contribution in [0.3, 0.4) is 0 Å². The number of halogens is 1. The molecule has 1 aliphatic rings. The van der Waals surface area contributed by atoms with E-state index in [1.165, 1.54) is 0 Å². The first-order valence-corrected chi connectivity index (χ1v) is 6.67. The highest BCUT2D eigenvalue weighted by atomic mass is 79.9. The molecule has 0 amide bonds. The molecule has 1 atom stereocenters. The molecule has 0 spiro atoms. The molecule has 1 aromatic rings. The van der Waals surface area contributed by atoms with E-state index >= 15 is 0 Å². The highest BCUT2D eigenvalue weighted by molar-refractivity contribution is 9.10. The van der Waals surface area contributed by atoms with Crippen molar-refractivity contribution in [3.8, 4) is 5.75 Å². The van der Waals surface area contributed by atoms with Gasteiger partial charge in [-0.3, -0.25) is 4.79 Å². The molecule has 1 aliphatic heterocycles. The third-order valence-corrected chi connectivity index (χ3v) is 3.99. The summed E-state index contributed by atoms with van der Waals surface area (Å²) >= 11 is 3.42. The Morgan fingerprint density at radius 3 is 2.89 bits per heavy atom. The average molecular weight is 314 g/mol. The number of aliphatic carboxylic acids is 1. The van der Waals surface area contributed by atoms with Crippen LogP contribution < -0.4 is 10.1 Å².